The van der Waals surface area contributed by atoms with Gasteiger partial charge in [-0.05, 0) is 28.1 Å². The third-order valence-corrected chi connectivity index (χ3v) is 3.78. The molecule has 0 fully saturated rings. The number of esters is 1. The van der Waals surface area contributed by atoms with Gasteiger partial charge < -0.3 is 19.8 Å². The van der Waals surface area contributed by atoms with Crippen molar-refractivity contribution in [2.24, 2.45) is 0 Å². The zero-order chi connectivity index (χ0) is 18.0. The van der Waals surface area contributed by atoms with Crippen LogP contribution >= 0.6 is 15.9 Å². The van der Waals surface area contributed by atoms with Crippen molar-refractivity contribution in [3.63, 3.8) is 0 Å². The van der Waals surface area contributed by atoms with Crippen LogP contribution in [0.25, 0.3) is 5.69 Å². The average molecular weight is 404 g/mol. The second-order valence-electron chi connectivity index (χ2n) is 4.37. The molecular formula is C14H9BrF3N3O3. The highest BCUT2D eigenvalue weighted by Gasteiger charge is 2.26. The van der Waals surface area contributed by atoms with Crippen LogP contribution in [0.15, 0.2) is 22.8 Å². The average Bonchev–Trinajstić information content (AvgIpc) is 2.87. The van der Waals surface area contributed by atoms with E-state index in [9.17, 15) is 18.0 Å². The van der Waals surface area contributed by atoms with Crippen molar-refractivity contribution in [3.8, 4) is 17.5 Å². The SMILES string of the molecule is COC(=O)c1c(N)c(C#N)cn1-c1ccc(F)c(Br)c1OC(F)F. The second-order valence-corrected chi connectivity index (χ2v) is 5.16. The van der Waals surface area contributed by atoms with Crippen LogP contribution < -0.4 is 10.5 Å². The number of alkyl halides is 2. The molecule has 24 heavy (non-hydrogen) atoms. The van der Waals surface area contributed by atoms with Crippen LogP contribution in [0, 0.1) is 17.1 Å². The Bertz CT molecular complexity index is 846. The van der Waals surface area contributed by atoms with Crippen molar-refractivity contribution in [1.29, 1.82) is 5.26 Å². The fourth-order valence-corrected chi connectivity index (χ4v) is 2.45. The van der Waals surface area contributed by atoms with Gasteiger partial charge in [-0.3, -0.25) is 0 Å². The molecule has 0 aliphatic heterocycles. The molecule has 10 heteroatoms. The van der Waals surface area contributed by atoms with E-state index in [2.05, 4.69) is 25.4 Å². The molecule has 0 aliphatic rings. The number of carbonyl (C=O) groups is 1. The molecule has 0 bridgehead atoms. The number of nitrogens with zero attached hydrogens (tertiary/aromatic N) is 2. The number of nitrogens with two attached hydrogens (primary N) is 1. The van der Waals surface area contributed by atoms with E-state index >= 15 is 0 Å². The van der Waals surface area contributed by atoms with Gasteiger partial charge in [0.15, 0.2) is 11.4 Å². The first kappa shape index (κ1) is 17.7. The molecule has 2 N–H and O–H groups in total. The van der Waals surface area contributed by atoms with E-state index in [1.54, 1.807) is 6.07 Å². The molecule has 1 aromatic carbocycles. The molecule has 1 aromatic heterocycles. The zero-order valence-corrected chi connectivity index (χ0v) is 13.6. The number of anilines is 1. The molecule has 0 spiro atoms. The summed E-state index contributed by atoms with van der Waals surface area (Å²) in [5.74, 6) is -2.32. The fraction of sp³-hybridized carbons (Fsp3) is 0.143. The van der Waals surface area contributed by atoms with E-state index in [1.165, 1.54) is 0 Å². The van der Waals surface area contributed by atoms with Gasteiger partial charge in [0.2, 0.25) is 0 Å². The molecule has 0 atom stereocenters. The fourth-order valence-electron chi connectivity index (χ4n) is 2.02. The highest BCUT2D eigenvalue weighted by Crippen LogP contribution is 2.37. The lowest BCUT2D eigenvalue weighted by Gasteiger charge is -2.15. The van der Waals surface area contributed by atoms with Crippen LogP contribution in [0.4, 0.5) is 18.9 Å². The molecule has 0 aliphatic carbocycles. The smallest absolute Gasteiger partial charge is 0.387 e. The maximum Gasteiger partial charge on any atom is 0.387 e. The van der Waals surface area contributed by atoms with E-state index in [-0.39, 0.29) is 27.1 Å². The van der Waals surface area contributed by atoms with Crippen molar-refractivity contribution in [2.45, 2.75) is 6.61 Å². The van der Waals surface area contributed by atoms with Gasteiger partial charge in [-0.2, -0.15) is 14.0 Å². The molecular weight excluding hydrogens is 395 g/mol. The molecule has 0 amide bonds. The number of hydrogen-bond acceptors (Lipinski definition) is 5. The lowest BCUT2D eigenvalue weighted by atomic mass is 10.2. The van der Waals surface area contributed by atoms with Gasteiger partial charge in [0.1, 0.15) is 11.9 Å². The van der Waals surface area contributed by atoms with Crippen molar-refractivity contribution in [3.05, 3.63) is 39.9 Å². The van der Waals surface area contributed by atoms with Crippen molar-refractivity contribution < 1.29 is 27.4 Å². The van der Waals surface area contributed by atoms with Crippen molar-refractivity contribution >= 4 is 27.6 Å². The summed E-state index contributed by atoms with van der Waals surface area (Å²) in [4.78, 5) is 11.9. The standard InChI is InChI=1S/C14H9BrF3N3O3/c1-23-13(22)11-10(20)6(4-19)5-21(11)8-3-2-7(16)9(15)12(8)24-14(17)18/h2-3,5,14H,20H2,1H3. The van der Waals surface area contributed by atoms with Crippen LogP contribution in [0.3, 0.4) is 0 Å². The number of ether oxygens (including phenoxy) is 2. The summed E-state index contributed by atoms with van der Waals surface area (Å²) in [7, 11) is 1.09. The Morgan fingerprint density at radius 2 is 2.12 bits per heavy atom. The number of rotatable bonds is 4. The first-order valence-corrected chi connectivity index (χ1v) is 7.03. The van der Waals surface area contributed by atoms with Gasteiger partial charge >= 0.3 is 12.6 Å². The van der Waals surface area contributed by atoms with Crippen molar-refractivity contribution in [2.75, 3.05) is 12.8 Å². The molecule has 6 nitrogen and oxygen atoms in total. The Labute approximate surface area is 142 Å². The normalized spacial score (nSPS) is 10.5. The summed E-state index contributed by atoms with van der Waals surface area (Å²) < 4.78 is 48.6. The van der Waals surface area contributed by atoms with E-state index in [1.807, 2.05) is 0 Å². The van der Waals surface area contributed by atoms with Gasteiger partial charge in [-0.25, -0.2) is 9.18 Å². The minimum atomic E-state index is -3.24. The predicted octanol–water partition coefficient (Wildman–Crippen LogP) is 3.22. The van der Waals surface area contributed by atoms with Gasteiger partial charge in [0.25, 0.3) is 0 Å². The molecule has 0 saturated heterocycles. The summed E-state index contributed by atoms with van der Waals surface area (Å²) >= 11 is 2.82. The molecule has 0 saturated carbocycles. The van der Waals surface area contributed by atoms with E-state index in [0.29, 0.717) is 0 Å². The van der Waals surface area contributed by atoms with E-state index in [4.69, 9.17) is 11.0 Å². The number of carbonyl (C=O) groups excluding carboxylic acids is 1. The third-order valence-electron chi connectivity index (χ3n) is 3.04. The lowest BCUT2D eigenvalue weighted by Crippen LogP contribution is -2.13. The number of methoxy groups -OCH3 is 1. The highest BCUT2D eigenvalue weighted by atomic mass is 79.9. The molecule has 2 aromatic rings. The van der Waals surface area contributed by atoms with Crippen LogP contribution in [0.5, 0.6) is 5.75 Å². The minimum absolute atomic E-state index is 0.0844. The number of benzene rings is 1. The zero-order valence-electron chi connectivity index (χ0n) is 12.0. The van der Waals surface area contributed by atoms with Gasteiger partial charge in [0.05, 0.1) is 28.5 Å². The van der Waals surface area contributed by atoms with Gasteiger partial charge in [0, 0.05) is 6.20 Å². The van der Waals surface area contributed by atoms with Crippen LogP contribution in [-0.4, -0.2) is 24.3 Å². The monoisotopic (exact) mass is 403 g/mol. The highest BCUT2D eigenvalue weighted by molar-refractivity contribution is 9.10. The molecule has 0 radical (unpaired) electrons. The maximum absolute atomic E-state index is 13.7. The van der Waals surface area contributed by atoms with Crippen LogP contribution in [-0.2, 0) is 4.74 Å². The molecule has 1 heterocycles. The Kier molecular flexibility index (Phi) is 5.04. The number of nitrogen functional groups attached to an aromatic ring is 1. The minimum Gasteiger partial charge on any atom is -0.464 e. The number of halogens is 4. The molecule has 0 unspecified atom stereocenters. The summed E-state index contributed by atoms with van der Waals surface area (Å²) in [6.45, 7) is -3.24. The maximum atomic E-state index is 13.7. The number of hydrogen-bond donors (Lipinski definition) is 1. The number of nitriles is 1. The summed E-state index contributed by atoms with van der Waals surface area (Å²) in [5, 5.41) is 9.06. The molecule has 2 rings (SSSR count). The predicted molar refractivity (Wildman–Crippen MR) is 80.5 cm³/mol. The molecule has 126 valence electrons. The largest absolute Gasteiger partial charge is 0.464 e. The Balaban J connectivity index is 2.80. The van der Waals surface area contributed by atoms with Crippen molar-refractivity contribution in [1.82, 2.24) is 4.57 Å². The van der Waals surface area contributed by atoms with Gasteiger partial charge in [-0.1, -0.05) is 0 Å². The third kappa shape index (κ3) is 3.03. The first-order chi connectivity index (χ1) is 11.3. The summed E-state index contributed by atoms with van der Waals surface area (Å²) in [6.07, 6.45) is 1.14. The Hall–Kier alpha value is -2.67. The van der Waals surface area contributed by atoms with Gasteiger partial charge in [-0.15, -0.1) is 0 Å². The van der Waals surface area contributed by atoms with E-state index in [0.717, 1.165) is 30.0 Å². The van der Waals surface area contributed by atoms with E-state index < -0.39 is 24.1 Å². The summed E-state index contributed by atoms with van der Waals surface area (Å²) in [6, 6.07) is 3.84. The Morgan fingerprint density at radius 1 is 1.46 bits per heavy atom. The lowest BCUT2D eigenvalue weighted by molar-refractivity contribution is -0.0505. The number of aromatic nitrogens is 1. The Morgan fingerprint density at radius 3 is 2.67 bits per heavy atom. The first-order valence-electron chi connectivity index (χ1n) is 6.24. The van der Waals surface area contributed by atoms with Crippen LogP contribution in [0.2, 0.25) is 0 Å². The second kappa shape index (κ2) is 6.84. The topological polar surface area (TPSA) is 90.3 Å². The quantitative estimate of drug-likeness (QED) is 0.791. The van der Waals surface area contributed by atoms with Crippen LogP contribution in [0.1, 0.15) is 16.1 Å². The summed E-state index contributed by atoms with van der Waals surface area (Å²) in [5.41, 5.74) is 5.04.